The van der Waals surface area contributed by atoms with Crippen LogP contribution >= 0.6 is 22.6 Å². The number of aromatic nitrogens is 2. The summed E-state index contributed by atoms with van der Waals surface area (Å²) >= 11 is 2.23. The van der Waals surface area contributed by atoms with E-state index in [2.05, 4.69) is 34.6 Å². The van der Waals surface area contributed by atoms with Gasteiger partial charge in [0.05, 0.1) is 33.9 Å². The highest BCUT2D eigenvalue weighted by Gasteiger charge is 2.15. The molecule has 0 spiro atoms. The number of hydrogen-bond acceptors (Lipinski definition) is 5. The summed E-state index contributed by atoms with van der Waals surface area (Å²) in [6, 6.07) is 20.7. The number of benzene rings is 3. The molecular formula is C26H24IN3O3. The van der Waals surface area contributed by atoms with E-state index in [9.17, 15) is 4.79 Å². The molecule has 0 saturated carbocycles. The molecule has 0 aliphatic heterocycles. The van der Waals surface area contributed by atoms with Crippen molar-refractivity contribution in [3.63, 3.8) is 0 Å². The molecule has 0 aliphatic carbocycles. The van der Waals surface area contributed by atoms with Gasteiger partial charge in [-0.25, -0.2) is 4.98 Å². The zero-order chi connectivity index (χ0) is 23.4. The van der Waals surface area contributed by atoms with Crippen LogP contribution in [0.2, 0.25) is 0 Å². The molecule has 1 aromatic heterocycles. The molecule has 0 fully saturated rings. The molecule has 6 nitrogen and oxygen atoms in total. The summed E-state index contributed by atoms with van der Waals surface area (Å²) < 4.78 is 13.9. The smallest absolute Gasteiger partial charge is 0.282 e. The third kappa shape index (κ3) is 4.93. The van der Waals surface area contributed by atoms with Crippen LogP contribution in [-0.4, -0.2) is 29.1 Å². The number of nitrogens with zero attached hydrogens (tertiary/aromatic N) is 3. The molecule has 0 aliphatic rings. The van der Waals surface area contributed by atoms with Crippen molar-refractivity contribution < 1.29 is 9.47 Å². The van der Waals surface area contributed by atoms with Crippen LogP contribution < -0.4 is 15.0 Å². The predicted octanol–water partition coefficient (Wildman–Crippen LogP) is 5.74. The van der Waals surface area contributed by atoms with Gasteiger partial charge in [0.15, 0.2) is 17.3 Å². The Bertz CT molecular complexity index is 1370. The number of hydrogen-bond donors (Lipinski definition) is 0. The molecule has 0 bridgehead atoms. The van der Waals surface area contributed by atoms with E-state index in [0.29, 0.717) is 28.2 Å². The normalized spacial score (nSPS) is 12.2. The van der Waals surface area contributed by atoms with Crippen LogP contribution in [0, 0.1) is 3.57 Å². The van der Waals surface area contributed by atoms with E-state index in [-0.39, 0.29) is 11.7 Å². The molecule has 1 heterocycles. The van der Waals surface area contributed by atoms with Crippen LogP contribution in [0.5, 0.6) is 11.5 Å². The number of methoxy groups -OCH3 is 1. The highest BCUT2D eigenvalue weighted by molar-refractivity contribution is 14.1. The lowest BCUT2D eigenvalue weighted by molar-refractivity contribution is 0.206. The second-order valence-corrected chi connectivity index (χ2v) is 8.71. The molecule has 0 unspecified atom stereocenters. The Balaban J connectivity index is 1.82. The molecule has 0 N–H and O–H groups in total. The third-order valence-corrected chi connectivity index (χ3v) is 6.06. The first-order valence-electron chi connectivity index (χ1n) is 10.7. The Morgan fingerprint density at radius 1 is 1.12 bits per heavy atom. The Morgan fingerprint density at radius 3 is 2.58 bits per heavy atom. The van der Waals surface area contributed by atoms with E-state index in [4.69, 9.17) is 14.5 Å². The van der Waals surface area contributed by atoms with Gasteiger partial charge in [0.1, 0.15) is 0 Å². The SMILES string of the molecule is CC[C@H](C)Oc1c(I)cc(C=Nn2c(-c3ccccc3)nc3ccccc3c2=O)cc1OC. The third-order valence-electron chi connectivity index (χ3n) is 5.25. The Kier molecular flexibility index (Phi) is 7.08. The van der Waals surface area contributed by atoms with Crippen molar-refractivity contribution >= 4 is 39.7 Å². The summed E-state index contributed by atoms with van der Waals surface area (Å²) in [5.41, 5.74) is 2.00. The first kappa shape index (κ1) is 23.0. The quantitative estimate of drug-likeness (QED) is 0.217. The van der Waals surface area contributed by atoms with E-state index in [1.807, 2.05) is 67.6 Å². The largest absolute Gasteiger partial charge is 0.493 e. The maximum absolute atomic E-state index is 13.3. The average molecular weight is 553 g/mol. The van der Waals surface area contributed by atoms with Gasteiger partial charge < -0.3 is 9.47 Å². The molecule has 4 rings (SSSR count). The van der Waals surface area contributed by atoms with E-state index >= 15 is 0 Å². The number of para-hydroxylation sites is 1. The second-order valence-electron chi connectivity index (χ2n) is 7.55. The Labute approximate surface area is 206 Å². The first-order valence-corrected chi connectivity index (χ1v) is 11.8. The van der Waals surface area contributed by atoms with Crippen molar-refractivity contribution in [1.29, 1.82) is 0 Å². The van der Waals surface area contributed by atoms with Crippen LogP contribution in [0.15, 0.2) is 76.6 Å². The molecule has 33 heavy (non-hydrogen) atoms. The number of rotatable bonds is 7. The fourth-order valence-electron chi connectivity index (χ4n) is 3.34. The lowest BCUT2D eigenvalue weighted by Crippen LogP contribution is -2.20. The lowest BCUT2D eigenvalue weighted by atomic mass is 10.2. The van der Waals surface area contributed by atoms with Crippen molar-refractivity contribution in [2.75, 3.05) is 7.11 Å². The fraction of sp³-hybridized carbons (Fsp3) is 0.192. The van der Waals surface area contributed by atoms with E-state index in [1.165, 1.54) is 4.68 Å². The Morgan fingerprint density at radius 2 is 1.85 bits per heavy atom. The first-order chi connectivity index (χ1) is 16.0. The number of halogens is 1. The van der Waals surface area contributed by atoms with E-state index < -0.39 is 0 Å². The summed E-state index contributed by atoms with van der Waals surface area (Å²) in [6.45, 7) is 4.10. The van der Waals surface area contributed by atoms with Gasteiger partial charge in [-0.2, -0.15) is 9.78 Å². The fourth-order valence-corrected chi connectivity index (χ4v) is 4.10. The van der Waals surface area contributed by atoms with Crippen LogP contribution in [0.3, 0.4) is 0 Å². The standard InChI is InChI=1S/C26H24IN3O3/c1-4-17(2)33-24-21(27)14-18(15-23(24)32-3)16-28-30-25(19-10-6-5-7-11-19)29-22-13-9-8-12-20(22)26(30)31/h5-17H,4H2,1-3H3/t17-/m0/s1. The minimum atomic E-state index is -0.228. The monoisotopic (exact) mass is 553 g/mol. The molecular weight excluding hydrogens is 529 g/mol. The van der Waals surface area contributed by atoms with Gasteiger partial charge in [0.2, 0.25) is 0 Å². The highest BCUT2D eigenvalue weighted by atomic mass is 127. The molecule has 168 valence electrons. The number of fused-ring (bicyclic) bond motifs is 1. The minimum Gasteiger partial charge on any atom is -0.493 e. The van der Waals surface area contributed by atoms with Crippen molar-refractivity contribution in [3.05, 3.63) is 86.2 Å². The summed E-state index contributed by atoms with van der Waals surface area (Å²) in [5, 5.41) is 5.06. The van der Waals surface area contributed by atoms with Gasteiger partial charge in [-0.3, -0.25) is 4.79 Å². The molecule has 4 aromatic rings. The van der Waals surface area contributed by atoms with Crippen LogP contribution in [-0.2, 0) is 0 Å². The maximum Gasteiger partial charge on any atom is 0.282 e. The van der Waals surface area contributed by atoms with Crippen LogP contribution in [0.1, 0.15) is 25.8 Å². The molecule has 1 atom stereocenters. The summed E-state index contributed by atoms with van der Waals surface area (Å²) in [5.74, 6) is 1.81. The van der Waals surface area contributed by atoms with Crippen molar-refractivity contribution in [1.82, 2.24) is 9.66 Å². The topological polar surface area (TPSA) is 65.7 Å². The average Bonchev–Trinajstić information content (AvgIpc) is 2.85. The van der Waals surface area contributed by atoms with Gasteiger partial charge >= 0.3 is 0 Å². The van der Waals surface area contributed by atoms with E-state index in [1.54, 1.807) is 19.4 Å². The van der Waals surface area contributed by atoms with Crippen molar-refractivity contribution in [2.24, 2.45) is 5.10 Å². The summed E-state index contributed by atoms with van der Waals surface area (Å²) in [7, 11) is 1.61. The van der Waals surface area contributed by atoms with Gasteiger partial charge in [0, 0.05) is 5.56 Å². The molecule has 0 radical (unpaired) electrons. The van der Waals surface area contributed by atoms with Gasteiger partial charge in [-0.05, 0) is 65.8 Å². The molecule has 3 aromatic carbocycles. The predicted molar refractivity (Wildman–Crippen MR) is 141 cm³/mol. The van der Waals surface area contributed by atoms with Crippen LogP contribution in [0.25, 0.3) is 22.3 Å². The molecule has 0 saturated heterocycles. The minimum absolute atomic E-state index is 0.0719. The van der Waals surface area contributed by atoms with Gasteiger partial charge in [0.25, 0.3) is 5.56 Å². The lowest BCUT2D eigenvalue weighted by Gasteiger charge is -2.17. The zero-order valence-electron chi connectivity index (χ0n) is 18.7. The molecule has 0 amide bonds. The van der Waals surface area contributed by atoms with Gasteiger partial charge in [-0.1, -0.05) is 49.4 Å². The second kappa shape index (κ2) is 10.2. The van der Waals surface area contributed by atoms with Gasteiger partial charge in [-0.15, -0.1) is 0 Å². The van der Waals surface area contributed by atoms with Crippen LogP contribution in [0.4, 0.5) is 0 Å². The van der Waals surface area contributed by atoms with Crippen molar-refractivity contribution in [3.8, 4) is 22.9 Å². The maximum atomic E-state index is 13.3. The molecule has 7 heteroatoms. The van der Waals surface area contributed by atoms with E-state index in [0.717, 1.165) is 21.1 Å². The Hall–Kier alpha value is -3.20. The number of ether oxygens (including phenoxy) is 2. The summed E-state index contributed by atoms with van der Waals surface area (Å²) in [6.07, 6.45) is 2.60. The highest BCUT2D eigenvalue weighted by Crippen LogP contribution is 2.34. The van der Waals surface area contributed by atoms with Crippen molar-refractivity contribution in [2.45, 2.75) is 26.4 Å². The zero-order valence-corrected chi connectivity index (χ0v) is 20.8. The summed E-state index contributed by atoms with van der Waals surface area (Å²) in [4.78, 5) is 18.0.